The highest BCUT2D eigenvalue weighted by atomic mass is 32.2. The maximum atomic E-state index is 12.1. The Labute approximate surface area is 111 Å². The van der Waals surface area contributed by atoms with Gasteiger partial charge in [-0.05, 0) is 35.4 Å². The quantitative estimate of drug-likeness (QED) is 0.780. The summed E-state index contributed by atoms with van der Waals surface area (Å²) in [6, 6.07) is 14.0. The average Bonchev–Trinajstić information content (AvgIpc) is 2.39. The van der Waals surface area contributed by atoms with Crippen molar-refractivity contribution in [2.24, 2.45) is 0 Å². The van der Waals surface area contributed by atoms with Crippen molar-refractivity contribution >= 4 is 27.5 Å². The maximum Gasteiger partial charge on any atom is 0.262 e. The van der Waals surface area contributed by atoms with Gasteiger partial charge in [0.25, 0.3) is 10.0 Å². The molecule has 0 atom stereocenters. The fraction of sp³-hybridized carbons (Fsp3) is 0. The molecule has 0 bridgehead atoms. The highest BCUT2D eigenvalue weighted by Crippen LogP contribution is 2.28. The average molecular weight is 272 g/mol. The molecule has 0 fully saturated rings. The Bertz CT molecular complexity index is 762. The summed E-state index contributed by atoms with van der Waals surface area (Å²) in [7, 11) is -3.50. The predicted octanol–water partition coefficient (Wildman–Crippen LogP) is 2.06. The van der Waals surface area contributed by atoms with Crippen molar-refractivity contribution in [1.29, 1.82) is 0 Å². The minimum absolute atomic E-state index is 0.300. The molecule has 0 saturated carbocycles. The summed E-state index contributed by atoms with van der Waals surface area (Å²) in [5, 5.41) is 0. The van der Waals surface area contributed by atoms with Crippen LogP contribution in [0.25, 0.3) is 11.8 Å². The lowest BCUT2D eigenvalue weighted by molar-refractivity contribution is 0.591. The van der Waals surface area contributed by atoms with E-state index in [0.29, 0.717) is 21.8 Å². The van der Waals surface area contributed by atoms with E-state index in [1.54, 1.807) is 42.5 Å². The monoisotopic (exact) mass is 272 g/mol. The first-order valence-corrected chi connectivity index (χ1v) is 7.24. The van der Waals surface area contributed by atoms with Crippen LogP contribution in [0.2, 0.25) is 0 Å². The third kappa shape index (κ3) is 2.08. The molecule has 3 N–H and O–H groups in total. The van der Waals surface area contributed by atoms with Gasteiger partial charge in [0.15, 0.2) is 0 Å². The van der Waals surface area contributed by atoms with E-state index in [1.165, 1.54) is 0 Å². The summed E-state index contributed by atoms with van der Waals surface area (Å²) < 4.78 is 26.9. The van der Waals surface area contributed by atoms with Crippen molar-refractivity contribution in [3.8, 4) is 0 Å². The van der Waals surface area contributed by atoms with Crippen molar-refractivity contribution in [3.05, 3.63) is 59.7 Å². The Morgan fingerprint density at radius 1 is 0.947 bits per heavy atom. The normalized spacial score (nSPS) is 16.1. The third-order valence-electron chi connectivity index (χ3n) is 2.97. The molecule has 0 unspecified atom stereocenters. The third-order valence-corrected chi connectivity index (χ3v) is 4.41. The molecule has 0 radical (unpaired) electrons. The molecule has 19 heavy (non-hydrogen) atoms. The number of benzene rings is 2. The molecule has 0 aromatic heterocycles. The zero-order valence-electron chi connectivity index (χ0n) is 10.00. The van der Waals surface area contributed by atoms with Crippen LogP contribution in [-0.4, -0.2) is 8.42 Å². The summed E-state index contributed by atoms with van der Waals surface area (Å²) >= 11 is 0. The zero-order valence-corrected chi connectivity index (χ0v) is 10.8. The molecule has 2 aromatic carbocycles. The molecule has 5 heteroatoms. The SMILES string of the molecule is Nc1ccc(C2=Cc3ccccc3S(=O)(=O)N2)cc1. The minimum atomic E-state index is -3.50. The van der Waals surface area contributed by atoms with Gasteiger partial charge in [-0.2, -0.15) is 0 Å². The molecule has 1 aliphatic heterocycles. The first-order valence-electron chi connectivity index (χ1n) is 5.76. The largest absolute Gasteiger partial charge is 0.399 e. The molecule has 96 valence electrons. The van der Waals surface area contributed by atoms with Gasteiger partial charge in [0.2, 0.25) is 0 Å². The van der Waals surface area contributed by atoms with Crippen LogP contribution in [0.5, 0.6) is 0 Å². The second-order valence-electron chi connectivity index (χ2n) is 4.32. The molecule has 0 spiro atoms. The van der Waals surface area contributed by atoms with Gasteiger partial charge in [0.05, 0.1) is 10.6 Å². The van der Waals surface area contributed by atoms with Crippen LogP contribution in [-0.2, 0) is 10.0 Å². The van der Waals surface area contributed by atoms with E-state index in [4.69, 9.17) is 5.73 Å². The fourth-order valence-electron chi connectivity index (χ4n) is 2.03. The topological polar surface area (TPSA) is 72.2 Å². The molecule has 0 amide bonds. The molecule has 0 aliphatic carbocycles. The molecular weight excluding hydrogens is 260 g/mol. The Morgan fingerprint density at radius 3 is 2.37 bits per heavy atom. The van der Waals surface area contributed by atoms with E-state index < -0.39 is 10.0 Å². The molecule has 1 heterocycles. The Morgan fingerprint density at radius 2 is 1.63 bits per heavy atom. The second kappa shape index (κ2) is 4.13. The number of sulfonamides is 1. The van der Waals surface area contributed by atoms with Crippen LogP contribution >= 0.6 is 0 Å². The number of hydrogen-bond donors (Lipinski definition) is 2. The van der Waals surface area contributed by atoms with Gasteiger partial charge < -0.3 is 5.73 Å². The van der Waals surface area contributed by atoms with E-state index in [1.807, 2.05) is 12.1 Å². The van der Waals surface area contributed by atoms with E-state index >= 15 is 0 Å². The summed E-state index contributed by atoms with van der Waals surface area (Å²) in [4.78, 5) is 0.300. The maximum absolute atomic E-state index is 12.1. The van der Waals surface area contributed by atoms with Gasteiger partial charge in [-0.25, -0.2) is 8.42 Å². The zero-order chi connectivity index (χ0) is 13.5. The predicted molar refractivity (Wildman–Crippen MR) is 75.5 cm³/mol. The van der Waals surface area contributed by atoms with Gasteiger partial charge in [-0.15, -0.1) is 0 Å². The van der Waals surface area contributed by atoms with Crippen LogP contribution in [0.4, 0.5) is 5.69 Å². The van der Waals surface area contributed by atoms with Crippen LogP contribution in [0.1, 0.15) is 11.1 Å². The van der Waals surface area contributed by atoms with Gasteiger partial charge in [-0.3, -0.25) is 4.72 Å². The van der Waals surface area contributed by atoms with Crippen LogP contribution < -0.4 is 10.5 Å². The summed E-state index contributed by atoms with van der Waals surface area (Å²) in [5.74, 6) is 0. The molecule has 2 aromatic rings. The van der Waals surface area contributed by atoms with Crippen molar-refractivity contribution in [2.75, 3.05) is 5.73 Å². The van der Waals surface area contributed by atoms with E-state index in [9.17, 15) is 8.42 Å². The molecule has 4 nitrogen and oxygen atoms in total. The standard InChI is InChI=1S/C14H12N2O2S/c15-12-7-5-10(6-8-12)13-9-11-3-1-2-4-14(11)19(17,18)16-13/h1-9,16H,15H2. The molecular formula is C14H12N2O2S. The smallest absolute Gasteiger partial charge is 0.262 e. The number of hydrogen-bond acceptors (Lipinski definition) is 3. The first-order chi connectivity index (χ1) is 9.06. The molecule has 1 aliphatic rings. The second-order valence-corrected chi connectivity index (χ2v) is 5.97. The van der Waals surface area contributed by atoms with Gasteiger partial charge in [-0.1, -0.05) is 30.3 Å². The summed E-state index contributed by atoms with van der Waals surface area (Å²) in [5.41, 5.74) is 8.30. The molecule has 0 saturated heterocycles. The van der Waals surface area contributed by atoms with Crippen molar-refractivity contribution in [3.63, 3.8) is 0 Å². The Kier molecular flexibility index (Phi) is 2.57. The number of fused-ring (bicyclic) bond motifs is 1. The van der Waals surface area contributed by atoms with E-state index in [-0.39, 0.29) is 0 Å². The highest BCUT2D eigenvalue weighted by Gasteiger charge is 2.23. The van der Waals surface area contributed by atoms with Crippen LogP contribution in [0, 0.1) is 0 Å². The van der Waals surface area contributed by atoms with E-state index in [2.05, 4.69) is 4.72 Å². The Balaban J connectivity index is 2.16. The van der Waals surface area contributed by atoms with Crippen molar-refractivity contribution < 1.29 is 8.42 Å². The number of anilines is 1. The lowest BCUT2D eigenvalue weighted by atomic mass is 10.1. The summed E-state index contributed by atoms with van der Waals surface area (Å²) in [6.45, 7) is 0. The number of rotatable bonds is 1. The molecule has 3 rings (SSSR count). The number of nitrogens with two attached hydrogens (primary N) is 1. The lowest BCUT2D eigenvalue weighted by Gasteiger charge is -2.19. The minimum Gasteiger partial charge on any atom is -0.399 e. The van der Waals surface area contributed by atoms with Gasteiger partial charge in [0, 0.05) is 5.69 Å². The fourth-order valence-corrected chi connectivity index (χ4v) is 3.31. The highest BCUT2D eigenvalue weighted by molar-refractivity contribution is 7.90. The first kappa shape index (κ1) is 11.8. The van der Waals surface area contributed by atoms with Crippen LogP contribution in [0.15, 0.2) is 53.4 Å². The number of nitrogens with one attached hydrogen (secondary N) is 1. The Hall–Kier alpha value is -2.27. The van der Waals surface area contributed by atoms with Crippen molar-refractivity contribution in [2.45, 2.75) is 4.90 Å². The van der Waals surface area contributed by atoms with Gasteiger partial charge in [0.1, 0.15) is 0 Å². The van der Waals surface area contributed by atoms with Crippen LogP contribution in [0.3, 0.4) is 0 Å². The number of nitrogen functional groups attached to an aromatic ring is 1. The van der Waals surface area contributed by atoms with Crippen molar-refractivity contribution in [1.82, 2.24) is 4.72 Å². The summed E-state index contributed by atoms with van der Waals surface area (Å²) in [6.07, 6.45) is 1.82. The lowest BCUT2D eigenvalue weighted by Crippen LogP contribution is -2.26. The van der Waals surface area contributed by atoms with E-state index in [0.717, 1.165) is 5.56 Å². The van der Waals surface area contributed by atoms with Gasteiger partial charge >= 0.3 is 0 Å².